The minimum Gasteiger partial charge on any atom is -0.334 e. The summed E-state index contributed by atoms with van der Waals surface area (Å²) in [5.74, 6) is 0.184. The van der Waals surface area contributed by atoms with E-state index in [1.165, 1.54) is 18.2 Å². The minimum absolute atomic E-state index is 0.220. The monoisotopic (exact) mass is 260 g/mol. The molecular formula is C10H7Cl2FN2O. The van der Waals surface area contributed by atoms with Crippen LogP contribution in [0.25, 0.3) is 11.5 Å². The lowest BCUT2D eigenvalue weighted by atomic mass is 10.2. The van der Waals surface area contributed by atoms with E-state index < -0.39 is 5.82 Å². The number of hydrogen-bond donors (Lipinski definition) is 0. The average Bonchev–Trinajstić information content (AvgIpc) is 2.66. The molecular weight excluding hydrogens is 254 g/mol. The minimum atomic E-state index is -0.417. The summed E-state index contributed by atoms with van der Waals surface area (Å²) in [7, 11) is 0. The maximum Gasteiger partial charge on any atom is 0.259 e. The summed E-state index contributed by atoms with van der Waals surface area (Å²) in [5, 5.41) is 3.55. The highest BCUT2D eigenvalue weighted by Gasteiger charge is 2.15. The van der Waals surface area contributed by atoms with Crippen LogP contribution in [0.3, 0.4) is 0 Å². The van der Waals surface area contributed by atoms with Crippen molar-refractivity contribution in [3.05, 3.63) is 34.9 Å². The molecule has 0 saturated heterocycles. The van der Waals surface area contributed by atoms with Crippen LogP contribution < -0.4 is 0 Å². The van der Waals surface area contributed by atoms with E-state index in [1.54, 1.807) is 6.92 Å². The Morgan fingerprint density at radius 3 is 2.75 bits per heavy atom. The molecule has 0 N–H and O–H groups in total. The lowest BCUT2D eigenvalue weighted by Gasteiger charge is -1.97. The van der Waals surface area contributed by atoms with Crippen molar-refractivity contribution in [3.8, 4) is 11.5 Å². The van der Waals surface area contributed by atoms with Gasteiger partial charge < -0.3 is 4.52 Å². The molecule has 0 amide bonds. The molecule has 84 valence electrons. The largest absolute Gasteiger partial charge is 0.334 e. The quantitative estimate of drug-likeness (QED) is 0.771. The molecule has 0 spiro atoms. The van der Waals surface area contributed by atoms with E-state index >= 15 is 0 Å². The third-order valence-electron chi connectivity index (χ3n) is 1.96. The van der Waals surface area contributed by atoms with E-state index in [1.807, 2.05) is 0 Å². The van der Waals surface area contributed by atoms with Crippen molar-refractivity contribution < 1.29 is 8.91 Å². The first-order chi connectivity index (χ1) is 7.58. The van der Waals surface area contributed by atoms with Crippen LogP contribution in [0.1, 0.15) is 18.1 Å². The fourth-order valence-corrected chi connectivity index (χ4v) is 1.51. The number of aromatic nitrogens is 2. The van der Waals surface area contributed by atoms with Crippen molar-refractivity contribution in [1.82, 2.24) is 10.1 Å². The van der Waals surface area contributed by atoms with E-state index in [4.69, 9.17) is 27.7 Å². The Morgan fingerprint density at radius 1 is 1.44 bits per heavy atom. The van der Waals surface area contributed by atoms with E-state index in [-0.39, 0.29) is 16.3 Å². The Labute approximate surface area is 101 Å². The normalized spacial score (nSPS) is 12.8. The van der Waals surface area contributed by atoms with Crippen LogP contribution in [0.15, 0.2) is 22.7 Å². The van der Waals surface area contributed by atoms with Gasteiger partial charge in [-0.3, -0.25) is 0 Å². The highest BCUT2D eigenvalue weighted by molar-refractivity contribution is 6.33. The average molecular weight is 261 g/mol. The molecule has 1 aromatic heterocycles. The smallest absolute Gasteiger partial charge is 0.259 e. The number of halogens is 3. The summed E-state index contributed by atoms with van der Waals surface area (Å²) in [6.07, 6.45) is 0. The number of nitrogens with zero attached hydrogens (tertiary/aromatic N) is 2. The molecule has 0 aliphatic rings. The summed E-state index contributed by atoms with van der Waals surface area (Å²) in [4.78, 5) is 4.05. The van der Waals surface area contributed by atoms with Crippen LogP contribution in [0.4, 0.5) is 4.39 Å². The van der Waals surface area contributed by atoms with Crippen LogP contribution in [0, 0.1) is 5.82 Å². The first-order valence-corrected chi connectivity index (χ1v) is 5.32. The molecule has 6 heteroatoms. The van der Waals surface area contributed by atoms with E-state index in [0.29, 0.717) is 11.4 Å². The highest BCUT2D eigenvalue weighted by Crippen LogP contribution is 2.28. The van der Waals surface area contributed by atoms with Crippen molar-refractivity contribution in [3.63, 3.8) is 0 Å². The number of benzene rings is 1. The molecule has 0 saturated carbocycles. The van der Waals surface area contributed by atoms with E-state index in [2.05, 4.69) is 10.1 Å². The summed E-state index contributed by atoms with van der Waals surface area (Å²) in [5.41, 5.74) is 0.485. The molecule has 3 nitrogen and oxygen atoms in total. The summed E-state index contributed by atoms with van der Waals surface area (Å²) in [6.45, 7) is 1.72. The summed E-state index contributed by atoms with van der Waals surface area (Å²) < 4.78 is 17.8. The standard InChI is InChI=1S/C10H7Cl2FN2O/c1-5(11)9-14-10(16-15-9)7-3-2-6(13)4-8(7)12/h2-5H,1H3. The summed E-state index contributed by atoms with van der Waals surface area (Å²) in [6, 6.07) is 3.94. The Balaban J connectivity index is 2.42. The van der Waals surface area contributed by atoms with Gasteiger partial charge in [-0.15, -0.1) is 11.6 Å². The van der Waals surface area contributed by atoms with Crippen LogP contribution in [0.2, 0.25) is 5.02 Å². The van der Waals surface area contributed by atoms with Gasteiger partial charge in [0.25, 0.3) is 5.89 Å². The van der Waals surface area contributed by atoms with Crippen molar-refractivity contribution in [2.75, 3.05) is 0 Å². The predicted molar refractivity (Wildman–Crippen MR) is 59.0 cm³/mol. The maximum absolute atomic E-state index is 12.8. The van der Waals surface area contributed by atoms with Crippen LogP contribution >= 0.6 is 23.2 Å². The first kappa shape index (κ1) is 11.4. The van der Waals surface area contributed by atoms with Crippen molar-refractivity contribution in [2.24, 2.45) is 0 Å². The van der Waals surface area contributed by atoms with E-state index in [0.717, 1.165) is 0 Å². The Hall–Kier alpha value is -1.13. The predicted octanol–water partition coefficient (Wildman–Crippen LogP) is 3.83. The van der Waals surface area contributed by atoms with Gasteiger partial charge in [-0.05, 0) is 25.1 Å². The van der Waals surface area contributed by atoms with Crippen LogP contribution in [-0.2, 0) is 0 Å². The van der Waals surface area contributed by atoms with Gasteiger partial charge >= 0.3 is 0 Å². The van der Waals surface area contributed by atoms with Crippen molar-refractivity contribution in [1.29, 1.82) is 0 Å². The molecule has 0 aliphatic carbocycles. The number of hydrogen-bond acceptors (Lipinski definition) is 3. The lowest BCUT2D eigenvalue weighted by Crippen LogP contribution is -1.87. The van der Waals surface area contributed by atoms with Gasteiger partial charge in [0, 0.05) is 0 Å². The Bertz CT molecular complexity index is 513. The van der Waals surface area contributed by atoms with Crippen LogP contribution in [0.5, 0.6) is 0 Å². The van der Waals surface area contributed by atoms with Gasteiger partial charge in [0.15, 0.2) is 5.82 Å². The molecule has 1 aromatic carbocycles. The second kappa shape index (κ2) is 4.39. The second-order valence-corrected chi connectivity index (χ2v) is 4.26. The molecule has 1 heterocycles. The zero-order valence-corrected chi connectivity index (χ0v) is 9.76. The third-order valence-corrected chi connectivity index (χ3v) is 2.47. The number of rotatable bonds is 2. The molecule has 16 heavy (non-hydrogen) atoms. The zero-order chi connectivity index (χ0) is 11.7. The molecule has 1 atom stereocenters. The molecule has 0 aliphatic heterocycles. The molecule has 2 aromatic rings. The zero-order valence-electron chi connectivity index (χ0n) is 8.25. The van der Waals surface area contributed by atoms with Gasteiger partial charge in [-0.25, -0.2) is 4.39 Å². The summed E-state index contributed by atoms with van der Waals surface area (Å²) >= 11 is 11.6. The van der Waals surface area contributed by atoms with Crippen molar-refractivity contribution in [2.45, 2.75) is 12.3 Å². The van der Waals surface area contributed by atoms with Gasteiger partial charge in [-0.2, -0.15) is 4.98 Å². The van der Waals surface area contributed by atoms with Gasteiger partial charge in [0.2, 0.25) is 0 Å². The number of alkyl halides is 1. The van der Waals surface area contributed by atoms with Gasteiger partial charge in [0.05, 0.1) is 16.0 Å². The fourth-order valence-electron chi connectivity index (χ4n) is 1.17. The topological polar surface area (TPSA) is 38.9 Å². The highest BCUT2D eigenvalue weighted by atomic mass is 35.5. The fraction of sp³-hybridized carbons (Fsp3) is 0.200. The second-order valence-electron chi connectivity index (χ2n) is 3.20. The van der Waals surface area contributed by atoms with Crippen LogP contribution in [-0.4, -0.2) is 10.1 Å². The molecule has 0 fully saturated rings. The Morgan fingerprint density at radius 2 is 2.19 bits per heavy atom. The Kier molecular flexibility index (Phi) is 3.12. The third kappa shape index (κ3) is 2.18. The van der Waals surface area contributed by atoms with Gasteiger partial charge in [0.1, 0.15) is 5.82 Å². The lowest BCUT2D eigenvalue weighted by molar-refractivity contribution is 0.422. The molecule has 0 bridgehead atoms. The van der Waals surface area contributed by atoms with Crippen molar-refractivity contribution >= 4 is 23.2 Å². The molecule has 1 unspecified atom stereocenters. The molecule has 0 radical (unpaired) electrons. The SMILES string of the molecule is CC(Cl)c1noc(-c2ccc(F)cc2Cl)n1. The molecule has 2 rings (SSSR count). The maximum atomic E-state index is 12.8. The van der Waals surface area contributed by atoms with E-state index in [9.17, 15) is 4.39 Å². The van der Waals surface area contributed by atoms with Gasteiger partial charge in [-0.1, -0.05) is 16.8 Å². The first-order valence-electron chi connectivity index (χ1n) is 4.51.